The number of para-hydroxylation sites is 2. The Morgan fingerprint density at radius 1 is 1.05 bits per heavy atom. The van der Waals surface area contributed by atoms with Gasteiger partial charge in [0.05, 0.1) is 11.0 Å². The van der Waals surface area contributed by atoms with Crippen LogP contribution in [0.2, 0.25) is 0 Å². The monoisotopic (exact) mass is 608 g/mol. The molecule has 0 radical (unpaired) electrons. The maximum Gasteiger partial charge on any atom is 0.407 e. The van der Waals surface area contributed by atoms with Crippen molar-refractivity contribution in [3.8, 4) is 0 Å². The Kier molecular flexibility index (Phi) is 8.25. The Hall–Kier alpha value is -5.05. The van der Waals surface area contributed by atoms with Crippen molar-refractivity contribution in [2.24, 2.45) is 7.05 Å². The number of amides is 4. The molecule has 1 aromatic heterocycles. The zero-order valence-electron chi connectivity index (χ0n) is 23.1. The van der Waals surface area contributed by atoms with Gasteiger partial charge in [0.15, 0.2) is 0 Å². The number of rotatable bonds is 8. The number of carbonyl (C=O) groups is 5. The summed E-state index contributed by atoms with van der Waals surface area (Å²) in [6, 6.07) is 11.8. The number of imidazole rings is 1. The third-order valence-electron chi connectivity index (χ3n) is 7.07. The van der Waals surface area contributed by atoms with Gasteiger partial charge in [0.25, 0.3) is 5.91 Å². The van der Waals surface area contributed by atoms with Crippen LogP contribution < -0.4 is 21.6 Å². The van der Waals surface area contributed by atoms with Crippen LogP contribution in [0.25, 0.3) is 11.0 Å². The molecule has 0 bridgehead atoms. The summed E-state index contributed by atoms with van der Waals surface area (Å²) in [4.78, 5) is 78.0. The molecule has 0 aliphatic carbocycles. The Morgan fingerprint density at radius 3 is 2.40 bits per heavy atom. The number of hydrogen-bond donors (Lipinski definition) is 4. The van der Waals surface area contributed by atoms with Gasteiger partial charge in [-0.3, -0.25) is 19.1 Å². The predicted molar refractivity (Wildman–Crippen MR) is 155 cm³/mol. The van der Waals surface area contributed by atoms with Crippen molar-refractivity contribution in [1.29, 1.82) is 0 Å². The highest BCUT2D eigenvalue weighted by Crippen LogP contribution is 2.40. The average Bonchev–Trinajstić information content (AvgIpc) is 3.26. The van der Waals surface area contributed by atoms with Gasteiger partial charge in [-0.2, -0.15) is 0 Å². The molecule has 0 spiro atoms. The summed E-state index contributed by atoms with van der Waals surface area (Å²) in [6.07, 6.45) is -0.716. The van der Waals surface area contributed by atoms with Crippen molar-refractivity contribution in [3.63, 3.8) is 0 Å². The van der Waals surface area contributed by atoms with Crippen molar-refractivity contribution >= 4 is 52.7 Å². The van der Waals surface area contributed by atoms with E-state index in [0.29, 0.717) is 23.1 Å². The predicted octanol–water partition coefficient (Wildman–Crippen LogP) is 1.12. The number of carboxylic acid groups (broad SMARTS) is 1. The lowest BCUT2D eigenvalue weighted by Crippen LogP contribution is -2.71. The molecule has 4 amide bonds. The van der Waals surface area contributed by atoms with Gasteiger partial charge in [0.2, 0.25) is 5.91 Å². The summed E-state index contributed by atoms with van der Waals surface area (Å²) >= 11 is 1.21. The number of nitrogens with one attached hydrogen (secondary N) is 3. The minimum atomic E-state index is -1.37. The summed E-state index contributed by atoms with van der Waals surface area (Å²) in [7, 11) is 1.53. The first-order valence-corrected chi connectivity index (χ1v) is 14.3. The van der Waals surface area contributed by atoms with Gasteiger partial charge in [0, 0.05) is 24.9 Å². The van der Waals surface area contributed by atoms with Crippen LogP contribution in [0.4, 0.5) is 9.59 Å². The smallest absolute Gasteiger partial charge is 0.407 e. The average molecular weight is 609 g/mol. The Balaban J connectivity index is 1.36. The summed E-state index contributed by atoms with van der Waals surface area (Å²) in [5, 5.41) is 16.8. The Morgan fingerprint density at radius 2 is 1.72 bits per heavy atom. The van der Waals surface area contributed by atoms with Crippen molar-refractivity contribution in [2.45, 2.75) is 24.4 Å². The topological polar surface area (TPSA) is 181 Å². The zero-order chi connectivity index (χ0) is 30.8. The number of ether oxygens (including phenoxy) is 1. The molecule has 5 rings (SSSR count). The minimum Gasteiger partial charge on any atom is -0.477 e. The summed E-state index contributed by atoms with van der Waals surface area (Å²) in [6.45, 7) is 1.72. The second-order valence-corrected chi connectivity index (χ2v) is 10.8. The number of carbonyl (C=O) groups excluding carboxylic acids is 4. The lowest BCUT2D eigenvalue weighted by Gasteiger charge is -2.49. The third-order valence-corrected chi connectivity index (χ3v) is 8.41. The Bertz CT molecular complexity index is 1710. The maximum atomic E-state index is 13.6. The molecule has 1 saturated heterocycles. The van der Waals surface area contributed by atoms with E-state index < -0.39 is 53.1 Å². The highest BCUT2D eigenvalue weighted by molar-refractivity contribution is 8.00. The second kappa shape index (κ2) is 12.1. The SMILES string of the molecule is CCNC(=O)OCC1=C(C(=O)O)N2C(=O)C(NC(=O)C(NC(=O)n3c(=O)n(C)c4ccccc43)c3ccccc3)[C@@H]2SC1. The number of benzene rings is 2. The molecule has 224 valence electrons. The second-order valence-electron chi connectivity index (χ2n) is 9.72. The largest absolute Gasteiger partial charge is 0.477 e. The number of alkyl carbamates (subject to hydrolysis) is 1. The summed E-state index contributed by atoms with van der Waals surface area (Å²) < 4.78 is 7.32. The number of aliphatic carboxylic acids is 1. The number of hydrogen-bond acceptors (Lipinski definition) is 8. The van der Waals surface area contributed by atoms with E-state index >= 15 is 0 Å². The number of thioether (sulfide) groups is 1. The molecule has 14 nitrogen and oxygen atoms in total. The lowest BCUT2D eigenvalue weighted by atomic mass is 10.0. The van der Waals surface area contributed by atoms with Gasteiger partial charge < -0.3 is 25.8 Å². The maximum absolute atomic E-state index is 13.6. The van der Waals surface area contributed by atoms with Crippen LogP contribution >= 0.6 is 11.8 Å². The van der Waals surface area contributed by atoms with Crippen molar-refractivity contribution < 1.29 is 33.8 Å². The molecular weight excluding hydrogens is 580 g/mol. The molecule has 2 aliphatic rings. The molecule has 3 atom stereocenters. The van der Waals surface area contributed by atoms with E-state index in [9.17, 15) is 33.9 Å². The summed E-state index contributed by atoms with van der Waals surface area (Å²) in [5.41, 5.74) is 0.616. The molecule has 1 fully saturated rings. The highest BCUT2D eigenvalue weighted by atomic mass is 32.2. The van der Waals surface area contributed by atoms with E-state index in [4.69, 9.17) is 4.74 Å². The fourth-order valence-electron chi connectivity index (χ4n) is 5.00. The molecule has 3 aromatic rings. The lowest BCUT2D eigenvalue weighted by molar-refractivity contribution is -0.151. The highest BCUT2D eigenvalue weighted by Gasteiger charge is 2.54. The van der Waals surface area contributed by atoms with Crippen LogP contribution in [-0.2, 0) is 26.2 Å². The van der Waals surface area contributed by atoms with Gasteiger partial charge in [-0.25, -0.2) is 23.7 Å². The zero-order valence-corrected chi connectivity index (χ0v) is 23.9. The third kappa shape index (κ3) is 5.46. The first kappa shape index (κ1) is 29.4. The van der Waals surface area contributed by atoms with Gasteiger partial charge in [0.1, 0.15) is 29.8 Å². The molecular formula is C28H28N6O8S. The number of carboxylic acids is 1. The van der Waals surface area contributed by atoms with Crippen molar-refractivity contribution in [2.75, 3.05) is 18.9 Å². The van der Waals surface area contributed by atoms with Crippen LogP contribution in [-0.4, -0.2) is 79.4 Å². The van der Waals surface area contributed by atoms with Crippen molar-refractivity contribution in [1.82, 2.24) is 30.0 Å². The van der Waals surface area contributed by atoms with Crippen LogP contribution in [0, 0.1) is 0 Å². The van der Waals surface area contributed by atoms with Crippen LogP contribution in [0.5, 0.6) is 0 Å². The number of nitrogens with zero attached hydrogens (tertiary/aromatic N) is 3. The van der Waals surface area contributed by atoms with Gasteiger partial charge in [-0.05, 0) is 24.6 Å². The fraction of sp³-hybridized carbons (Fsp3) is 0.286. The van der Waals surface area contributed by atoms with E-state index in [1.807, 2.05) is 0 Å². The minimum absolute atomic E-state index is 0.144. The molecule has 2 unspecified atom stereocenters. The van der Waals surface area contributed by atoms with E-state index in [-0.39, 0.29) is 23.6 Å². The molecule has 0 saturated carbocycles. The summed E-state index contributed by atoms with van der Waals surface area (Å²) in [5.74, 6) is -2.61. The van der Waals surface area contributed by atoms with E-state index in [1.54, 1.807) is 61.5 Å². The first-order valence-electron chi connectivity index (χ1n) is 13.3. The quantitative estimate of drug-likeness (QED) is 0.273. The molecule has 4 N–H and O–H groups in total. The normalized spacial score (nSPS) is 18.4. The van der Waals surface area contributed by atoms with E-state index in [2.05, 4.69) is 16.0 Å². The van der Waals surface area contributed by atoms with E-state index in [0.717, 1.165) is 9.47 Å². The fourth-order valence-corrected chi connectivity index (χ4v) is 6.33. The van der Waals surface area contributed by atoms with Crippen LogP contribution in [0.3, 0.4) is 0 Å². The number of β-lactam (4-membered cyclic amide) rings is 1. The molecule has 2 aliphatic heterocycles. The number of aryl methyl sites for hydroxylation is 1. The molecule has 3 heterocycles. The first-order chi connectivity index (χ1) is 20.6. The van der Waals surface area contributed by atoms with E-state index in [1.165, 1.54) is 23.4 Å². The van der Waals surface area contributed by atoms with Gasteiger partial charge in [-0.1, -0.05) is 42.5 Å². The molecule has 2 aromatic carbocycles. The molecule has 43 heavy (non-hydrogen) atoms. The molecule has 15 heteroatoms. The van der Waals surface area contributed by atoms with Crippen molar-refractivity contribution in [3.05, 3.63) is 81.9 Å². The van der Waals surface area contributed by atoms with Crippen LogP contribution in [0.1, 0.15) is 18.5 Å². The standard InChI is InChI=1S/C28H28N6O8S/c1-3-29-27(40)42-13-16-14-43-24-20(23(36)34(24)21(16)25(37)38)30-22(35)19(15-9-5-4-6-10-15)31-26(39)33-18-12-8-7-11-17(18)32(2)28(33)41/h4-12,19-20,24H,3,13-14H2,1-2H3,(H,29,40)(H,30,35)(H,31,39)(H,37,38)/t19?,20?,24-/m0/s1. The van der Waals surface area contributed by atoms with Gasteiger partial charge >= 0.3 is 23.8 Å². The van der Waals surface area contributed by atoms with Crippen LogP contribution in [0.15, 0.2) is 70.7 Å². The number of fused-ring (bicyclic) bond motifs is 2. The number of aromatic nitrogens is 2. The van der Waals surface area contributed by atoms with Gasteiger partial charge in [-0.15, -0.1) is 11.8 Å². The Labute approximate surface area is 248 Å².